The van der Waals surface area contributed by atoms with Gasteiger partial charge in [-0.05, 0) is 132 Å². The van der Waals surface area contributed by atoms with Gasteiger partial charge >= 0.3 is 0 Å². The van der Waals surface area contributed by atoms with Gasteiger partial charge in [0, 0.05) is 38.7 Å². The van der Waals surface area contributed by atoms with Crippen molar-refractivity contribution in [2.75, 3.05) is 4.90 Å². The molecule has 13 rings (SSSR count). The van der Waals surface area contributed by atoms with Gasteiger partial charge in [0.15, 0.2) is 0 Å². The summed E-state index contributed by atoms with van der Waals surface area (Å²) in [6.07, 6.45) is 0. The molecule has 1 heterocycles. The maximum atomic E-state index is 6.20. The summed E-state index contributed by atoms with van der Waals surface area (Å²) in [7, 11) is 0. The molecule has 3 aliphatic rings. The number of anilines is 3. The average molecular weight is 808 g/mol. The zero-order chi connectivity index (χ0) is 42.2. The molecule has 9 aromatic carbocycles. The second kappa shape index (κ2) is 12.8. The predicted octanol–water partition coefficient (Wildman–Crippen LogP) is 16.0. The van der Waals surface area contributed by atoms with Gasteiger partial charge in [-0.25, -0.2) is 0 Å². The van der Waals surface area contributed by atoms with Gasteiger partial charge in [0.1, 0.15) is 11.2 Å². The standard InChI is InChI=1S/C61H45NO/c1-59(2)49-18-8-5-15-43(49)45-32-30-41(36-55(45)59)62(40-28-25-38(26-29-40)39-27-34-58-48(35-39)47-17-7-14-24-57(47)63-58)42-31-33-46-44-16-6-9-19-50(44)61(56(46)37-42)53-22-12-10-20-51(53)60(3,4)52-21-11-13-23-54(52)61/h5-37H,1-4H3. The molecule has 0 fully saturated rings. The highest BCUT2D eigenvalue weighted by Crippen LogP contribution is 2.63. The summed E-state index contributed by atoms with van der Waals surface area (Å²) in [4.78, 5) is 2.48. The molecule has 0 unspecified atom stereocenters. The smallest absolute Gasteiger partial charge is 0.135 e. The summed E-state index contributed by atoms with van der Waals surface area (Å²) in [6.45, 7) is 9.53. The molecule has 10 aromatic rings. The van der Waals surface area contributed by atoms with Crippen molar-refractivity contribution < 1.29 is 4.42 Å². The molecular formula is C61H45NO. The molecule has 0 saturated heterocycles. The summed E-state index contributed by atoms with van der Waals surface area (Å²) < 4.78 is 6.20. The molecule has 1 spiro atoms. The highest BCUT2D eigenvalue weighted by molar-refractivity contribution is 6.06. The fraction of sp³-hybridized carbons (Fsp3) is 0.115. The van der Waals surface area contributed by atoms with Crippen molar-refractivity contribution in [3.8, 4) is 33.4 Å². The van der Waals surface area contributed by atoms with Crippen LogP contribution in [0.3, 0.4) is 0 Å². The van der Waals surface area contributed by atoms with Crippen LogP contribution in [-0.2, 0) is 16.2 Å². The van der Waals surface area contributed by atoms with Gasteiger partial charge < -0.3 is 9.32 Å². The van der Waals surface area contributed by atoms with Crippen LogP contribution in [-0.4, -0.2) is 0 Å². The van der Waals surface area contributed by atoms with E-state index in [1.54, 1.807) is 0 Å². The lowest BCUT2D eigenvalue weighted by Gasteiger charge is -2.46. The fourth-order valence-corrected chi connectivity index (χ4v) is 12.0. The monoisotopic (exact) mass is 807 g/mol. The largest absolute Gasteiger partial charge is 0.456 e. The van der Waals surface area contributed by atoms with Crippen molar-refractivity contribution in [3.63, 3.8) is 0 Å². The van der Waals surface area contributed by atoms with E-state index in [0.717, 1.165) is 44.6 Å². The molecule has 0 atom stereocenters. The van der Waals surface area contributed by atoms with Crippen LogP contribution in [0, 0.1) is 0 Å². The summed E-state index contributed by atoms with van der Waals surface area (Å²) in [5.41, 5.74) is 22.9. The first-order valence-electron chi connectivity index (χ1n) is 22.3. The Morgan fingerprint density at radius 1 is 0.317 bits per heavy atom. The lowest BCUT2D eigenvalue weighted by atomic mass is 9.55. The van der Waals surface area contributed by atoms with E-state index in [2.05, 4.69) is 221 Å². The van der Waals surface area contributed by atoms with E-state index in [9.17, 15) is 0 Å². The predicted molar refractivity (Wildman–Crippen MR) is 261 cm³/mol. The minimum atomic E-state index is -0.488. The average Bonchev–Trinajstić information content (AvgIpc) is 3.92. The summed E-state index contributed by atoms with van der Waals surface area (Å²) >= 11 is 0. The van der Waals surface area contributed by atoms with Crippen LogP contribution in [0.4, 0.5) is 17.1 Å². The van der Waals surface area contributed by atoms with Gasteiger partial charge in [-0.15, -0.1) is 0 Å². The van der Waals surface area contributed by atoms with Crippen LogP contribution < -0.4 is 4.90 Å². The minimum absolute atomic E-state index is 0.140. The summed E-state index contributed by atoms with van der Waals surface area (Å²) in [6, 6.07) is 74.9. The Morgan fingerprint density at radius 3 is 1.46 bits per heavy atom. The van der Waals surface area contributed by atoms with Gasteiger partial charge in [0.05, 0.1) is 5.41 Å². The van der Waals surface area contributed by atoms with E-state index in [1.807, 2.05) is 12.1 Å². The molecule has 1 aromatic heterocycles. The highest BCUT2D eigenvalue weighted by atomic mass is 16.3. The lowest BCUT2D eigenvalue weighted by Crippen LogP contribution is -2.40. The van der Waals surface area contributed by atoms with Gasteiger partial charge in [-0.3, -0.25) is 0 Å². The number of fused-ring (bicyclic) bond motifs is 15. The second-order valence-corrected chi connectivity index (χ2v) is 18.8. The molecule has 0 aliphatic heterocycles. The molecule has 0 saturated carbocycles. The SMILES string of the molecule is CC1(C)c2ccccc2-c2ccc(N(c3ccc(-c4ccc5oc6ccccc6c5c4)cc3)c3ccc4c(c3)C3(c5ccccc5-4)c4ccccc4C(C)(C)c4ccccc43)cc21. The molecule has 3 aliphatic carbocycles. The second-order valence-electron chi connectivity index (χ2n) is 18.8. The maximum absolute atomic E-state index is 6.20. The highest BCUT2D eigenvalue weighted by Gasteiger charge is 2.53. The van der Waals surface area contributed by atoms with Crippen molar-refractivity contribution in [2.45, 2.75) is 43.9 Å². The fourth-order valence-electron chi connectivity index (χ4n) is 12.0. The molecule has 0 radical (unpaired) electrons. The zero-order valence-electron chi connectivity index (χ0n) is 35.9. The molecule has 63 heavy (non-hydrogen) atoms. The van der Waals surface area contributed by atoms with Crippen LogP contribution in [0.25, 0.3) is 55.3 Å². The molecule has 0 amide bonds. The number of rotatable bonds is 4. The third kappa shape index (κ3) is 4.84. The van der Waals surface area contributed by atoms with Crippen molar-refractivity contribution in [3.05, 3.63) is 245 Å². The number of hydrogen-bond donors (Lipinski definition) is 0. The van der Waals surface area contributed by atoms with Gasteiger partial charge in [-0.1, -0.05) is 173 Å². The Hall–Kier alpha value is -7.42. The van der Waals surface area contributed by atoms with E-state index in [1.165, 1.54) is 72.3 Å². The van der Waals surface area contributed by atoms with E-state index in [0.29, 0.717) is 0 Å². The maximum Gasteiger partial charge on any atom is 0.135 e. The van der Waals surface area contributed by atoms with Gasteiger partial charge in [-0.2, -0.15) is 0 Å². The zero-order valence-corrected chi connectivity index (χ0v) is 35.9. The molecule has 0 N–H and O–H groups in total. The lowest BCUT2D eigenvalue weighted by molar-refractivity contribution is 0.563. The van der Waals surface area contributed by atoms with Crippen LogP contribution >= 0.6 is 0 Å². The van der Waals surface area contributed by atoms with E-state index in [4.69, 9.17) is 4.42 Å². The number of hydrogen-bond acceptors (Lipinski definition) is 2. The van der Waals surface area contributed by atoms with Crippen LogP contribution in [0.1, 0.15) is 72.2 Å². The Bertz CT molecular complexity index is 3480. The molecule has 300 valence electrons. The quantitative estimate of drug-likeness (QED) is 0.176. The first-order valence-corrected chi connectivity index (χ1v) is 22.3. The number of benzene rings is 9. The van der Waals surface area contributed by atoms with Crippen molar-refractivity contribution in [1.29, 1.82) is 0 Å². The van der Waals surface area contributed by atoms with E-state index >= 15 is 0 Å². The number of furan rings is 1. The topological polar surface area (TPSA) is 16.4 Å². The number of nitrogens with zero attached hydrogens (tertiary/aromatic N) is 1. The van der Waals surface area contributed by atoms with Gasteiger partial charge in [0.25, 0.3) is 0 Å². The van der Waals surface area contributed by atoms with Crippen LogP contribution in [0.5, 0.6) is 0 Å². The molecule has 2 heteroatoms. The molecule has 0 bridgehead atoms. The van der Waals surface area contributed by atoms with Crippen molar-refractivity contribution in [2.24, 2.45) is 0 Å². The van der Waals surface area contributed by atoms with E-state index < -0.39 is 5.41 Å². The third-order valence-electron chi connectivity index (χ3n) is 15.0. The van der Waals surface area contributed by atoms with Crippen molar-refractivity contribution >= 4 is 39.0 Å². The molecule has 2 nitrogen and oxygen atoms in total. The Kier molecular flexibility index (Phi) is 7.37. The van der Waals surface area contributed by atoms with E-state index in [-0.39, 0.29) is 10.8 Å². The number of para-hydroxylation sites is 1. The minimum Gasteiger partial charge on any atom is -0.456 e. The summed E-state index contributed by atoms with van der Waals surface area (Å²) in [5, 5.41) is 2.28. The Morgan fingerprint density at radius 2 is 0.778 bits per heavy atom. The Labute approximate surface area is 368 Å². The third-order valence-corrected chi connectivity index (χ3v) is 15.0. The first-order chi connectivity index (χ1) is 30.7. The summed E-state index contributed by atoms with van der Waals surface area (Å²) in [5.74, 6) is 0. The normalized spacial score (nSPS) is 15.4. The van der Waals surface area contributed by atoms with Crippen LogP contribution in [0.2, 0.25) is 0 Å². The Balaban J connectivity index is 1.03. The van der Waals surface area contributed by atoms with Crippen molar-refractivity contribution in [1.82, 2.24) is 0 Å². The van der Waals surface area contributed by atoms with Gasteiger partial charge in [0.2, 0.25) is 0 Å². The van der Waals surface area contributed by atoms with Crippen LogP contribution in [0.15, 0.2) is 205 Å². The molecular weight excluding hydrogens is 763 g/mol. The first kappa shape index (κ1) is 36.3.